The molecule has 2 aliphatic rings. The van der Waals surface area contributed by atoms with Gasteiger partial charge in [0.25, 0.3) is 0 Å². The Labute approximate surface area is 145 Å². The number of hydrogen-bond acceptors (Lipinski definition) is 4. The molecule has 4 nitrogen and oxygen atoms in total. The zero-order valence-corrected chi connectivity index (χ0v) is 15.5. The molecule has 2 fully saturated rings. The van der Waals surface area contributed by atoms with Crippen LogP contribution in [0.5, 0.6) is 0 Å². The highest BCUT2D eigenvalue weighted by molar-refractivity contribution is 6.09. The van der Waals surface area contributed by atoms with Crippen molar-refractivity contribution < 1.29 is 0 Å². The lowest BCUT2D eigenvalue weighted by Gasteiger charge is -2.32. The number of nitrogens with one attached hydrogen (secondary N) is 4. The number of piperidine rings is 1. The minimum Gasteiger partial charge on any atom is -0.387 e. The van der Waals surface area contributed by atoms with Crippen molar-refractivity contribution in [3.63, 3.8) is 0 Å². The number of benzene rings is 1. The zero-order valence-electron chi connectivity index (χ0n) is 15.5. The lowest BCUT2D eigenvalue weighted by atomic mass is 9.89. The van der Waals surface area contributed by atoms with Crippen molar-refractivity contribution in [3.05, 3.63) is 41.6 Å². The highest BCUT2D eigenvalue weighted by Gasteiger charge is 2.64. The van der Waals surface area contributed by atoms with Crippen LogP contribution in [0.4, 0.5) is 5.69 Å². The predicted molar refractivity (Wildman–Crippen MR) is 102 cm³/mol. The predicted octanol–water partition coefficient (Wildman–Crippen LogP) is 3.14. The monoisotopic (exact) mass is 326 g/mol. The van der Waals surface area contributed by atoms with E-state index in [0.717, 1.165) is 35.6 Å². The molecule has 0 aromatic heterocycles. The van der Waals surface area contributed by atoms with Gasteiger partial charge in [0.05, 0.1) is 11.3 Å². The van der Waals surface area contributed by atoms with Gasteiger partial charge in [0.2, 0.25) is 0 Å². The molecule has 3 rings (SSSR count). The van der Waals surface area contributed by atoms with Crippen LogP contribution in [-0.4, -0.2) is 31.4 Å². The summed E-state index contributed by atoms with van der Waals surface area (Å²) in [7, 11) is 1.91. The molecule has 1 saturated carbocycles. The van der Waals surface area contributed by atoms with Gasteiger partial charge in [-0.1, -0.05) is 31.7 Å². The Morgan fingerprint density at radius 2 is 2.12 bits per heavy atom. The van der Waals surface area contributed by atoms with Crippen LogP contribution in [0.1, 0.15) is 31.9 Å². The van der Waals surface area contributed by atoms with Crippen molar-refractivity contribution >= 4 is 11.4 Å². The average Bonchev–Trinajstić information content (AvgIpc) is 2.91. The van der Waals surface area contributed by atoms with E-state index in [4.69, 9.17) is 5.41 Å². The van der Waals surface area contributed by atoms with E-state index >= 15 is 0 Å². The zero-order chi connectivity index (χ0) is 17.7. The summed E-state index contributed by atoms with van der Waals surface area (Å²) in [6.45, 7) is 15.0. The minimum absolute atomic E-state index is 0.349. The van der Waals surface area contributed by atoms with Crippen LogP contribution >= 0.6 is 0 Å². The van der Waals surface area contributed by atoms with Gasteiger partial charge in [-0.25, -0.2) is 0 Å². The second-order valence-corrected chi connectivity index (χ2v) is 8.12. The lowest BCUT2D eigenvalue weighted by Crippen LogP contribution is -2.47. The molecule has 3 atom stereocenters. The third-order valence-corrected chi connectivity index (χ3v) is 5.99. The first-order chi connectivity index (χ1) is 11.2. The fourth-order valence-corrected chi connectivity index (χ4v) is 4.48. The maximum atomic E-state index is 8.78. The van der Waals surface area contributed by atoms with Crippen LogP contribution in [-0.2, 0) is 0 Å². The van der Waals surface area contributed by atoms with Crippen LogP contribution in [0.15, 0.2) is 30.5 Å². The standard InChI is InChI=1S/C20H30N4/c1-12-8-7-9-14(17(12)22-6)18(21)19(3,4)24-13(2)16-15-10-23-11-20(15,16)5/h7-9,15-16,21-24H,2,10-11H2,1,3-6H3. The van der Waals surface area contributed by atoms with E-state index in [9.17, 15) is 0 Å². The molecule has 1 saturated heterocycles. The molecule has 0 amide bonds. The Balaban J connectivity index is 1.77. The molecule has 3 unspecified atom stereocenters. The van der Waals surface area contributed by atoms with Gasteiger partial charge >= 0.3 is 0 Å². The molecule has 4 heteroatoms. The van der Waals surface area contributed by atoms with E-state index in [1.54, 1.807) is 0 Å². The summed E-state index contributed by atoms with van der Waals surface area (Å²) >= 11 is 0. The van der Waals surface area contributed by atoms with Crippen LogP contribution in [0.2, 0.25) is 0 Å². The van der Waals surface area contributed by atoms with Crippen LogP contribution in [0, 0.1) is 29.6 Å². The van der Waals surface area contributed by atoms with Crippen LogP contribution < -0.4 is 16.0 Å². The molecule has 0 radical (unpaired) electrons. The molecule has 1 aliphatic heterocycles. The van der Waals surface area contributed by atoms with Gasteiger partial charge in [-0.3, -0.25) is 0 Å². The van der Waals surface area contributed by atoms with Gasteiger partial charge < -0.3 is 21.4 Å². The van der Waals surface area contributed by atoms with Crippen molar-refractivity contribution in [2.75, 3.05) is 25.5 Å². The minimum atomic E-state index is -0.461. The lowest BCUT2D eigenvalue weighted by molar-refractivity contribution is 0.476. The summed E-state index contributed by atoms with van der Waals surface area (Å²) in [5, 5.41) is 19.1. The Bertz CT molecular complexity index is 691. The third-order valence-electron chi connectivity index (χ3n) is 5.99. The summed E-state index contributed by atoms with van der Waals surface area (Å²) in [6.07, 6.45) is 0. The van der Waals surface area contributed by atoms with E-state index in [-0.39, 0.29) is 0 Å². The number of aryl methyl sites for hydroxylation is 1. The van der Waals surface area contributed by atoms with E-state index in [1.807, 2.05) is 19.2 Å². The van der Waals surface area contributed by atoms with E-state index in [0.29, 0.717) is 23.0 Å². The second-order valence-electron chi connectivity index (χ2n) is 8.12. The largest absolute Gasteiger partial charge is 0.387 e. The quantitative estimate of drug-likeness (QED) is 0.608. The Morgan fingerprint density at radius 3 is 2.71 bits per heavy atom. The molecule has 130 valence electrons. The maximum absolute atomic E-state index is 8.78. The molecule has 1 heterocycles. The molecule has 0 spiro atoms. The topological polar surface area (TPSA) is 59.9 Å². The molecular formula is C20H30N4. The van der Waals surface area contributed by atoms with E-state index in [2.05, 4.69) is 56.3 Å². The molecule has 4 N–H and O–H groups in total. The highest BCUT2D eigenvalue weighted by Crippen LogP contribution is 2.63. The Hall–Kier alpha value is -1.81. The first-order valence-corrected chi connectivity index (χ1v) is 8.77. The van der Waals surface area contributed by atoms with E-state index < -0.39 is 5.54 Å². The van der Waals surface area contributed by atoms with Gasteiger partial charge in [0, 0.05) is 36.5 Å². The Morgan fingerprint density at radius 1 is 1.42 bits per heavy atom. The molecule has 1 aliphatic carbocycles. The smallest absolute Gasteiger partial charge is 0.0736 e. The number of hydrogen-bond donors (Lipinski definition) is 4. The van der Waals surface area contributed by atoms with Gasteiger partial charge in [0.15, 0.2) is 0 Å². The number of para-hydroxylation sites is 1. The van der Waals surface area contributed by atoms with Gasteiger partial charge in [0.1, 0.15) is 0 Å². The fraction of sp³-hybridized carbons (Fsp3) is 0.550. The first-order valence-electron chi connectivity index (χ1n) is 8.77. The highest BCUT2D eigenvalue weighted by atomic mass is 15.1. The molecule has 1 aromatic rings. The number of anilines is 1. The maximum Gasteiger partial charge on any atom is 0.0736 e. The van der Waals surface area contributed by atoms with Crippen molar-refractivity contribution in [1.29, 1.82) is 5.41 Å². The fourth-order valence-electron chi connectivity index (χ4n) is 4.48. The van der Waals surface area contributed by atoms with Gasteiger partial charge in [-0.15, -0.1) is 0 Å². The number of fused-ring (bicyclic) bond motifs is 1. The normalized spacial score (nSPS) is 28.2. The van der Waals surface area contributed by atoms with Crippen molar-refractivity contribution in [3.8, 4) is 0 Å². The van der Waals surface area contributed by atoms with Crippen molar-refractivity contribution in [1.82, 2.24) is 10.6 Å². The number of allylic oxidation sites excluding steroid dienone is 1. The Kier molecular flexibility index (Phi) is 3.99. The molecule has 1 aromatic carbocycles. The number of rotatable bonds is 6. The SMILES string of the molecule is C=C(NC(C)(C)C(=N)c1cccc(C)c1NC)C1C2CNCC21C. The first kappa shape index (κ1) is 17.0. The molecule has 0 bridgehead atoms. The molecule has 24 heavy (non-hydrogen) atoms. The summed E-state index contributed by atoms with van der Waals surface area (Å²) in [6, 6.07) is 6.11. The van der Waals surface area contributed by atoms with Crippen LogP contribution in [0.3, 0.4) is 0 Å². The summed E-state index contributed by atoms with van der Waals surface area (Å²) in [5.74, 6) is 1.21. The average molecular weight is 326 g/mol. The summed E-state index contributed by atoms with van der Waals surface area (Å²) in [5.41, 5.74) is 4.70. The van der Waals surface area contributed by atoms with E-state index in [1.165, 1.54) is 0 Å². The third kappa shape index (κ3) is 2.53. The van der Waals surface area contributed by atoms with Crippen molar-refractivity contribution in [2.45, 2.75) is 33.2 Å². The van der Waals surface area contributed by atoms with Gasteiger partial charge in [-0.05, 0) is 44.2 Å². The van der Waals surface area contributed by atoms with Gasteiger partial charge in [-0.2, -0.15) is 0 Å². The second kappa shape index (κ2) is 5.62. The molecular weight excluding hydrogens is 296 g/mol. The summed E-state index contributed by atoms with van der Waals surface area (Å²) in [4.78, 5) is 0. The van der Waals surface area contributed by atoms with Crippen molar-refractivity contribution in [2.24, 2.45) is 17.3 Å². The summed E-state index contributed by atoms with van der Waals surface area (Å²) < 4.78 is 0. The van der Waals surface area contributed by atoms with Crippen LogP contribution in [0.25, 0.3) is 0 Å².